The fourth-order valence-electron chi connectivity index (χ4n) is 3.48. The second-order valence-corrected chi connectivity index (χ2v) is 6.58. The molecule has 1 saturated heterocycles. The van der Waals surface area contributed by atoms with Gasteiger partial charge in [0.05, 0.1) is 19.1 Å². The standard InChI is InChI=1S/C18H18N2O7/c21-8-13-15(23)16(24)17(26-13)10-5-6-14(22)20(18(10)25)7-11-9-3-1-2-4-12(9)27-19-11/h1-6,10,13,15-17,21,23-24H,7-8H2/t10?,13-,15?,16+,17+/m1/s1. The lowest BCUT2D eigenvalue weighted by Crippen LogP contribution is -2.48. The monoisotopic (exact) mass is 374 g/mol. The van der Waals surface area contributed by atoms with Crippen LogP contribution in [0.2, 0.25) is 0 Å². The van der Waals surface area contributed by atoms with Gasteiger partial charge in [0.2, 0.25) is 5.91 Å². The third kappa shape index (κ3) is 2.94. The molecule has 2 aliphatic rings. The first-order chi connectivity index (χ1) is 13.0. The summed E-state index contributed by atoms with van der Waals surface area (Å²) in [4.78, 5) is 26.2. The summed E-state index contributed by atoms with van der Waals surface area (Å²) in [5, 5.41) is 33.9. The average molecular weight is 374 g/mol. The van der Waals surface area contributed by atoms with Gasteiger partial charge in [-0.2, -0.15) is 0 Å². The maximum atomic E-state index is 12.9. The van der Waals surface area contributed by atoms with Crippen LogP contribution < -0.4 is 0 Å². The van der Waals surface area contributed by atoms with Crippen LogP contribution in [0.25, 0.3) is 11.0 Å². The Hall–Kier alpha value is -2.59. The Labute approximate surface area is 153 Å². The number of nitrogens with zero attached hydrogens (tertiary/aromatic N) is 2. The van der Waals surface area contributed by atoms with Crippen LogP contribution in [0.4, 0.5) is 0 Å². The molecule has 9 heteroatoms. The van der Waals surface area contributed by atoms with Gasteiger partial charge in [0.15, 0.2) is 5.58 Å². The van der Waals surface area contributed by atoms with E-state index in [1.54, 1.807) is 24.3 Å². The largest absolute Gasteiger partial charge is 0.394 e. The van der Waals surface area contributed by atoms with Gasteiger partial charge < -0.3 is 24.6 Å². The Morgan fingerprint density at radius 1 is 1.15 bits per heavy atom. The molecule has 0 aliphatic carbocycles. The normalized spacial score (nSPS) is 31.2. The van der Waals surface area contributed by atoms with Gasteiger partial charge in [0.25, 0.3) is 5.91 Å². The van der Waals surface area contributed by atoms with Crippen LogP contribution >= 0.6 is 0 Å². The van der Waals surface area contributed by atoms with E-state index in [2.05, 4.69) is 5.16 Å². The van der Waals surface area contributed by atoms with Crippen molar-refractivity contribution in [3.05, 3.63) is 42.1 Å². The first kappa shape index (κ1) is 17.8. The second-order valence-electron chi connectivity index (χ2n) is 6.58. The molecule has 2 aliphatic heterocycles. The van der Waals surface area contributed by atoms with Gasteiger partial charge in [-0.1, -0.05) is 23.4 Å². The zero-order chi connectivity index (χ0) is 19.1. The molecule has 1 aromatic heterocycles. The number of para-hydroxylation sites is 1. The molecule has 1 aromatic carbocycles. The molecule has 2 amide bonds. The Bertz CT molecular complexity index is 908. The Kier molecular flexibility index (Phi) is 4.52. The van der Waals surface area contributed by atoms with E-state index in [-0.39, 0.29) is 6.54 Å². The van der Waals surface area contributed by atoms with Crippen LogP contribution in [0.3, 0.4) is 0 Å². The fourth-order valence-corrected chi connectivity index (χ4v) is 3.48. The summed E-state index contributed by atoms with van der Waals surface area (Å²) in [6, 6.07) is 7.09. The van der Waals surface area contributed by atoms with Crippen LogP contribution in [0.5, 0.6) is 0 Å². The Balaban J connectivity index is 1.59. The van der Waals surface area contributed by atoms with Crippen LogP contribution in [0.1, 0.15) is 5.69 Å². The maximum Gasteiger partial charge on any atom is 0.253 e. The van der Waals surface area contributed by atoms with Crippen molar-refractivity contribution in [3.8, 4) is 0 Å². The second kappa shape index (κ2) is 6.86. The summed E-state index contributed by atoms with van der Waals surface area (Å²) in [5.41, 5.74) is 0.975. The number of carbonyl (C=O) groups excluding carboxylic acids is 2. The summed E-state index contributed by atoms with van der Waals surface area (Å²) in [6.07, 6.45) is -2.15. The fraction of sp³-hybridized carbons (Fsp3) is 0.389. The average Bonchev–Trinajstić information content (AvgIpc) is 3.21. The molecule has 4 rings (SSSR count). The van der Waals surface area contributed by atoms with E-state index in [1.165, 1.54) is 12.2 Å². The Morgan fingerprint density at radius 2 is 1.93 bits per heavy atom. The number of fused-ring (bicyclic) bond motifs is 1. The number of aliphatic hydroxyl groups is 3. The highest BCUT2D eigenvalue weighted by molar-refractivity contribution is 6.05. The predicted octanol–water partition coefficient (Wildman–Crippen LogP) is -0.650. The predicted molar refractivity (Wildman–Crippen MR) is 90.0 cm³/mol. The smallest absolute Gasteiger partial charge is 0.253 e. The lowest BCUT2D eigenvalue weighted by molar-refractivity contribution is -0.150. The van der Waals surface area contributed by atoms with Gasteiger partial charge >= 0.3 is 0 Å². The number of hydrogen-bond donors (Lipinski definition) is 3. The summed E-state index contributed by atoms with van der Waals surface area (Å²) in [5.74, 6) is -2.07. The quantitative estimate of drug-likeness (QED) is 0.601. The molecular weight excluding hydrogens is 356 g/mol. The van der Waals surface area contributed by atoms with E-state index in [0.717, 1.165) is 4.90 Å². The number of carbonyl (C=O) groups is 2. The SMILES string of the molecule is O=C1C=CC([C@@H]2O[C@H](CO)C(O)[C@@H]2O)C(=O)N1Cc1noc2ccccc12. The van der Waals surface area contributed by atoms with Crippen molar-refractivity contribution < 1.29 is 34.2 Å². The van der Waals surface area contributed by atoms with Gasteiger partial charge in [-0.15, -0.1) is 0 Å². The van der Waals surface area contributed by atoms with Crippen molar-refractivity contribution in [2.45, 2.75) is 31.0 Å². The third-order valence-electron chi connectivity index (χ3n) is 4.96. The highest BCUT2D eigenvalue weighted by Gasteiger charge is 2.49. The van der Waals surface area contributed by atoms with Crippen LogP contribution in [0.15, 0.2) is 40.9 Å². The summed E-state index contributed by atoms with van der Waals surface area (Å²) >= 11 is 0. The number of rotatable bonds is 4. The van der Waals surface area contributed by atoms with Crippen molar-refractivity contribution in [2.24, 2.45) is 5.92 Å². The first-order valence-corrected chi connectivity index (χ1v) is 8.50. The number of hydrogen-bond acceptors (Lipinski definition) is 8. The molecule has 142 valence electrons. The molecule has 1 fully saturated rings. The molecule has 5 atom stereocenters. The minimum absolute atomic E-state index is 0.0929. The van der Waals surface area contributed by atoms with E-state index >= 15 is 0 Å². The molecule has 27 heavy (non-hydrogen) atoms. The van der Waals surface area contributed by atoms with E-state index in [4.69, 9.17) is 9.26 Å². The Morgan fingerprint density at radius 3 is 2.67 bits per heavy atom. The highest BCUT2D eigenvalue weighted by Crippen LogP contribution is 2.31. The molecule has 0 spiro atoms. The minimum atomic E-state index is -1.36. The lowest BCUT2D eigenvalue weighted by atomic mass is 9.92. The van der Waals surface area contributed by atoms with Crippen LogP contribution in [-0.4, -0.2) is 68.2 Å². The van der Waals surface area contributed by atoms with Crippen molar-refractivity contribution in [3.63, 3.8) is 0 Å². The van der Waals surface area contributed by atoms with Crippen molar-refractivity contribution in [1.82, 2.24) is 10.1 Å². The molecule has 0 bridgehead atoms. The van der Waals surface area contributed by atoms with Gasteiger partial charge in [-0.05, 0) is 12.1 Å². The minimum Gasteiger partial charge on any atom is -0.394 e. The van der Waals surface area contributed by atoms with Gasteiger partial charge in [0, 0.05) is 11.5 Å². The molecule has 0 saturated carbocycles. The summed E-state index contributed by atoms with van der Waals surface area (Å²) in [6.45, 7) is -0.586. The van der Waals surface area contributed by atoms with E-state index in [1.807, 2.05) is 0 Å². The van der Waals surface area contributed by atoms with E-state index in [0.29, 0.717) is 16.7 Å². The number of aliphatic hydroxyl groups excluding tert-OH is 3. The molecule has 2 unspecified atom stereocenters. The number of benzene rings is 1. The number of imide groups is 1. The van der Waals surface area contributed by atoms with Gasteiger partial charge in [-0.3, -0.25) is 14.5 Å². The third-order valence-corrected chi connectivity index (χ3v) is 4.96. The molecular formula is C18H18N2O7. The molecule has 3 heterocycles. The van der Waals surface area contributed by atoms with Gasteiger partial charge in [0.1, 0.15) is 30.1 Å². The molecule has 3 N–H and O–H groups in total. The first-order valence-electron chi connectivity index (χ1n) is 8.50. The van der Waals surface area contributed by atoms with Gasteiger partial charge in [-0.25, -0.2) is 0 Å². The number of ether oxygens (including phenoxy) is 1. The van der Waals surface area contributed by atoms with E-state index in [9.17, 15) is 24.9 Å². The zero-order valence-corrected chi connectivity index (χ0v) is 14.1. The van der Waals surface area contributed by atoms with Crippen molar-refractivity contribution in [1.29, 1.82) is 0 Å². The lowest BCUT2D eigenvalue weighted by Gasteiger charge is -2.30. The zero-order valence-electron chi connectivity index (χ0n) is 14.1. The number of amides is 2. The number of aromatic nitrogens is 1. The van der Waals surface area contributed by atoms with Crippen LogP contribution in [0, 0.1) is 5.92 Å². The summed E-state index contributed by atoms with van der Waals surface area (Å²) < 4.78 is 10.6. The van der Waals surface area contributed by atoms with Crippen molar-refractivity contribution >= 4 is 22.8 Å². The van der Waals surface area contributed by atoms with Crippen molar-refractivity contribution in [2.75, 3.05) is 6.61 Å². The van der Waals surface area contributed by atoms with Crippen LogP contribution in [-0.2, 0) is 20.9 Å². The highest BCUT2D eigenvalue weighted by atomic mass is 16.6. The maximum absolute atomic E-state index is 12.9. The topological polar surface area (TPSA) is 133 Å². The molecule has 9 nitrogen and oxygen atoms in total. The molecule has 2 aromatic rings. The summed E-state index contributed by atoms with van der Waals surface area (Å²) in [7, 11) is 0. The van der Waals surface area contributed by atoms with E-state index < -0.39 is 48.8 Å². The molecule has 0 radical (unpaired) electrons.